The van der Waals surface area contributed by atoms with Crippen molar-refractivity contribution >= 4 is 55.0 Å². The zero-order valence-corrected chi connectivity index (χ0v) is 23.0. The number of rotatable bonds is 9. The Labute approximate surface area is 212 Å². The van der Waals surface area contributed by atoms with Gasteiger partial charge in [-0.2, -0.15) is 0 Å². The van der Waals surface area contributed by atoms with Crippen molar-refractivity contribution in [3.8, 4) is 0 Å². The number of benzene rings is 2. The standard InChI is InChI=1S/C24H32N4O3S2.ClH/c1-7-27(8-2)15-16-28(24-25-22-18(4)17(3)9-14-21(22)32-24)23(29)19-10-12-20(13-11-19)33(30,31)26(5)6;/h9-14H,7-8,15-16H2,1-6H3;1H. The summed E-state index contributed by atoms with van der Waals surface area (Å²) in [6.45, 7) is 11.3. The van der Waals surface area contributed by atoms with E-state index in [1.54, 1.807) is 17.0 Å². The molecule has 1 heterocycles. The number of sulfonamides is 1. The Balaban J connectivity index is 0.00000408. The SMILES string of the molecule is CCN(CC)CCN(C(=O)c1ccc(S(=O)(=O)N(C)C)cc1)c1nc2c(C)c(C)ccc2s1.Cl. The van der Waals surface area contributed by atoms with Crippen LogP contribution in [0.1, 0.15) is 35.3 Å². The summed E-state index contributed by atoms with van der Waals surface area (Å²) in [6, 6.07) is 10.2. The summed E-state index contributed by atoms with van der Waals surface area (Å²) < 4.78 is 27.0. The Hall–Kier alpha value is -2.04. The van der Waals surface area contributed by atoms with E-state index in [9.17, 15) is 13.2 Å². The molecule has 1 amide bonds. The van der Waals surface area contributed by atoms with Crippen LogP contribution >= 0.6 is 23.7 Å². The predicted molar refractivity (Wildman–Crippen MR) is 143 cm³/mol. The first-order valence-electron chi connectivity index (χ1n) is 11.0. The number of hydrogen-bond acceptors (Lipinski definition) is 6. The highest BCUT2D eigenvalue weighted by Gasteiger charge is 2.24. The number of nitrogens with zero attached hydrogens (tertiary/aromatic N) is 4. The van der Waals surface area contributed by atoms with Crippen LogP contribution in [-0.4, -0.2) is 68.8 Å². The van der Waals surface area contributed by atoms with Gasteiger partial charge in [0.2, 0.25) is 10.0 Å². The van der Waals surface area contributed by atoms with E-state index in [0.717, 1.165) is 45.3 Å². The number of fused-ring (bicyclic) bond motifs is 1. The fourth-order valence-electron chi connectivity index (χ4n) is 3.53. The number of carbonyl (C=O) groups is 1. The first-order chi connectivity index (χ1) is 15.6. The van der Waals surface area contributed by atoms with Crippen molar-refractivity contribution in [3.63, 3.8) is 0 Å². The van der Waals surface area contributed by atoms with E-state index in [-0.39, 0.29) is 23.2 Å². The minimum atomic E-state index is -3.55. The van der Waals surface area contributed by atoms with Crippen LogP contribution < -0.4 is 4.90 Å². The van der Waals surface area contributed by atoms with Gasteiger partial charge in [-0.15, -0.1) is 12.4 Å². The molecule has 1 aromatic heterocycles. The molecular formula is C24H33ClN4O3S2. The largest absolute Gasteiger partial charge is 0.302 e. The summed E-state index contributed by atoms with van der Waals surface area (Å²) in [6.07, 6.45) is 0. The highest BCUT2D eigenvalue weighted by Crippen LogP contribution is 2.32. The maximum Gasteiger partial charge on any atom is 0.260 e. The van der Waals surface area contributed by atoms with Gasteiger partial charge in [-0.1, -0.05) is 31.3 Å². The van der Waals surface area contributed by atoms with Crippen molar-refractivity contribution in [2.24, 2.45) is 0 Å². The number of anilines is 1. The summed E-state index contributed by atoms with van der Waals surface area (Å²) in [5.74, 6) is -0.190. The van der Waals surface area contributed by atoms with Gasteiger partial charge < -0.3 is 4.90 Å². The lowest BCUT2D eigenvalue weighted by Crippen LogP contribution is -2.38. The van der Waals surface area contributed by atoms with E-state index in [1.807, 2.05) is 13.0 Å². The van der Waals surface area contributed by atoms with Crippen LogP contribution in [0.15, 0.2) is 41.3 Å². The normalized spacial score (nSPS) is 11.8. The van der Waals surface area contributed by atoms with Gasteiger partial charge in [0.15, 0.2) is 5.13 Å². The number of hydrogen-bond donors (Lipinski definition) is 0. The Bertz CT molecular complexity index is 1240. The van der Waals surface area contributed by atoms with Crippen LogP contribution in [0.4, 0.5) is 5.13 Å². The lowest BCUT2D eigenvalue weighted by molar-refractivity contribution is 0.0983. The molecule has 0 saturated carbocycles. The molecule has 3 rings (SSSR count). The average molecular weight is 525 g/mol. The van der Waals surface area contributed by atoms with E-state index in [2.05, 4.69) is 31.7 Å². The Kier molecular flexibility index (Phi) is 9.62. The Morgan fingerprint density at radius 3 is 2.15 bits per heavy atom. The van der Waals surface area contributed by atoms with Crippen molar-refractivity contribution in [2.75, 3.05) is 45.2 Å². The van der Waals surface area contributed by atoms with Crippen molar-refractivity contribution in [3.05, 3.63) is 53.1 Å². The Morgan fingerprint density at radius 1 is 0.971 bits per heavy atom. The second-order valence-electron chi connectivity index (χ2n) is 8.15. The third kappa shape index (κ3) is 5.78. The molecule has 0 aliphatic heterocycles. The van der Waals surface area contributed by atoms with E-state index < -0.39 is 10.0 Å². The number of amides is 1. The molecule has 186 valence electrons. The molecule has 34 heavy (non-hydrogen) atoms. The first-order valence-corrected chi connectivity index (χ1v) is 13.3. The summed E-state index contributed by atoms with van der Waals surface area (Å²) in [5.41, 5.74) is 3.63. The maximum absolute atomic E-state index is 13.6. The minimum Gasteiger partial charge on any atom is -0.302 e. The monoisotopic (exact) mass is 524 g/mol. The number of likely N-dealkylation sites (N-methyl/N-ethyl adjacent to an activating group) is 1. The van der Waals surface area contributed by atoms with Gasteiger partial charge >= 0.3 is 0 Å². The van der Waals surface area contributed by atoms with E-state index in [1.165, 1.54) is 37.6 Å². The second-order valence-corrected chi connectivity index (χ2v) is 11.3. The van der Waals surface area contributed by atoms with Crippen LogP contribution in [0.25, 0.3) is 10.2 Å². The third-order valence-electron chi connectivity index (χ3n) is 5.96. The van der Waals surface area contributed by atoms with Crippen molar-refractivity contribution in [2.45, 2.75) is 32.6 Å². The molecule has 3 aromatic rings. The highest BCUT2D eigenvalue weighted by molar-refractivity contribution is 7.89. The van der Waals surface area contributed by atoms with Crippen LogP contribution in [0.5, 0.6) is 0 Å². The van der Waals surface area contributed by atoms with Gasteiger partial charge in [-0.3, -0.25) is 9.69 Å². The summed E-state index contributed by atoms with van der Waals surface area (Å²) in [5, 5.41) is 0.654. The zero-order valence-electron chi connectivity index (χ0n) is 20.5. The molecule has 2 aromatic carbocycles. The number of halogens is 1. The molecule has 0 aliphatic carbocycles. The molecule has 0 fully saturated rings. The molecule has 0 aliphatic rings. The fraction of sp³-hybridized carbons (Fsp3) is 0.417. The number of aryl methyl sites for hydroxylation is 2. The van der Waals surface area contributed by atoms with E-state index >= 15 is 0 Å². The summed E-state index contributed by atoms with van der Waals surface area (Å²) in [4.78, 5) is 22.5. The van der Waals surface area contributed by atoms with Crippen LogP contribution in [0, 0.1) is 13.8 Å². The lowest BCUT2D eigenvalue weighted by atomic mass is 10.1. The smallest absolute Gasteiger partial charge is 0.260 e. The molecule has 0 bridgehead atoms. The predicted octanol–water partition coefficient (Wildman–Crippen LogP) is 4.57. The Morgan fingerprint density at radius 2 is 1.59 bits per heavy atom. The molecule has 0 N–H and O–H groups in total. The van der Waals surface area contributed by atoms with Gasteiger partial charge in [0, 0.05) is 32.7 Å². The molecule has 0 saturated heterocycles. The van der Waals surface area contributed by atoms with Crippen molar-refractivity contribution < 1.29 is 13.2 Å². The maximum atomic E-state index is 13.6. The van der Waals surface area contributed by atoms with E-state index in [0.29, 0.717) is 17.2 Å². The van der Waals surface area contributed by atoms with Gasteiger partial charge in [0.25, 0.3) is 5.91 Å². The zero-order chi connectivity index (χ0) is 24.3. The topological polar surface area (TPSA) is 73.8 Å². The van der Waals surface area contributed by atoms with Gasteiger partial charge in [0.05, 0.1) is 15.1 Å². The van der Waals surface area contributed by atoms with Crippen LogP contribution in [-0.2, 0) is 10.0 Å². The molecule has 0 radical (unpaired) electrons. The number of thiazole rings is 1. The quantitative estimate of drug-likeness (QED) is 0.410. The summed E-state index contributed by atoms with van der Waals surface area (Å²) >= 11 is 1.50. The summed E-state index contributed by atoms with van der Waals surface area (Å²) in [7, 11) is -0.582. The molecule has 0 spiro atoms. The molecule has 0 unspecified atom stereocenters. The average Bonchev–Trinajstić information content (AvgIpc) is 3.23. The van der Waals surface area contributed by atoms with Crippen molar-refractivity contribution in [1.29, 1.82) is 0 Å². The second kappa shape index (κ2) is 11.6. The number of carbonyl (C=O) groups excluding carboxylic acids is 1. The van der Waals surface area contributed by atoms with Crippen LogP contribution in [0.3, 0.4) is 0 Å². The highest BCUT2D eigenvalue weighted by atomic mass is 35.5. The third-order valence-corrected chi connectivity index (χ3v) is 8.84. The van der Waals surface area contributed by atoms with Gasteiger partial charge in [-0.25, -0.2) is 17.7 Å². The van der Waals surface area contributed by atoms with E-state index in [4.69, 9.17) is 4.98 Å². The van der Waals surface area contributed by atoms with Crippen molar-refractivity contribution in [1.82, 2.24) is 14.2 Å². The lowest BCUT2D eigenvalue weighted by Gasteiger charge is -2.25. The van der Waals surface area contributed by atoms with Gasteiger partial charge in [-0.05, 0) is 68.4 Å². The minimum absolute atomic E-state index is 0. The first kappa shape index (κ1) is 28.2. The molecule has 0 atom stereocenters. The molecule has 10 heteroatoms. The van der Waals surface area contributed by atoms with Crippen LogP contribution in [0.2, 0.25) is 0 Å². The fourth-order valence-corrected chi connectivity index (χ4v) is 5.48. The number of aromatic nitrogens is 1. The molecule has 7 nitrogen and oxygen atoms in total. The van der Waals surface area contributed by atoms with Gasteiger partial charge in [0.1, 0.15) is 0 Å². The molecular weight excluding hydrogens is 492 g/mol.